The van der Waals surface area contributed by atoms with Crippen molar-refractivity contribution < 1.29 is 9.15 Å². The Morgan fingerprint density at radius 1 is 1.17 bits per heavy atom. The Bertz CT molecular complexity index is 574. The first-order chi connectivity index (χ1) is 11.9. The SMILES string of the molecule is CCCOc1ccc(CNCC(c2ccco2)N2CCCC2)cc1. The summed E-state index contributed by atoms with van der Waals surface area (Å²) in [5.41, 5.74) is 1.28. The molecule has 4 heteroatoms. The van der Waals surface area contributed by atoms with Crippen molar-refractivity contribution in [3.05, 3.63) is 54.0 Å². The van der Waals surface area contributed by atoms with Crippen LogP contribution in [0.1, 0.15) is 43.6 Å². The maximum absolute atomic E-state index is 5.67. The first kappa shape index (κ1) is 17.1. The predicted molar refractivity (Wildman–Crippen MR) is 96.2 cm³/mol. The highest BCUT2D eigenvalue weighted by atomic mass is 16.5. The molecule has 1 N–H and O–H groups in total. The third kappa shape index (κ3) is 4.62. The molecular weight excluding hydrogens is 300 g/mol. The van der Waals surface area contributed by atoms with Gasteiger partial charge in [0.25, 0.3) is 0 Å². The molecule has 0 bridgehead atoms. The van der Waals surface area contributed by atoms with Gasteiger partial charge in [-0.15, -0.1) is 0 Å². The molecule has 4 nitrogen and oxygen atoms in total. The molecule has 1 fully saturated rings. The van der Waals surface area contributed by atoms with E-state index in [0.717, 1.165) is 50.7 Å². The first-order valence-electron chi connectivity index (χ1n) is 9.06. The Kier molecular flexibility index (Phi) is 6.33. The molecular formula is C20H28N2O2. The van der Waals surface area contributed by atoms with Gasteiger partial charge < -0.3 is 14.5 Å². The van der Waals surface area contributed by atoms with Gasteiger partial charge in [0.2, 0.25) is 0 Å². The second-order valence-corrected chi connectivity index (χ2v) is 6.40. The highest BCUT2D eigenvalue weighted by Gasteiger charge is 2.24. The van der Waals surface area contributed by atoms with E-state index >= 15 is 0 Å². The second-order valence-electron chi connectivity index (χ2n) is 6.40. The normalized spacial score (nSPS) is 16.4. The van der Waals surface area contributed by atoms with Gasteiger partial charge in [-0.3, -0.25) is 4.90 Å². The van der Waals surface area contributed by atoms with Crippen LogP contribution >= 0.6 is 0 Å². The minimum Gasteiger partial charge on any atom is -0.494 e. The summed E-state index contributed by atoms with van der Waals surface area (Å²) < 4.78 is 11.3. The van der Waals surface area contributed by atoms with Crippen LogP contribution in [0.25, 0.3) is 0 Å². The van der Waals surface area contributed by atoms with Crippen molar-refractivity contribution >= 4 is 0 Å². The average molecular weight is 328 g/mol. The molecule has 1 aromatic carbocycles. The molecule has 0 spiro atoms. The van der Waals surface area contributed by atoms with Crippen LogP contribution < -0.4 is 10.1 Å². The van der Waals surface area contributed by atoms with Crippen LogP contribution in [-0.2, 0) is 6.54 Å². The maximum atomic E-state index is 5.67. The lowest BCUT2D eigenvalue weighted by molar-refractivity contribution is 0.209. The molecule has 1 aliphatic heterocycles. The Balaban J connectivity index is 1.51. The molecule has 1 saturated heterocycles. The minimum atomic E-state index is 0.328. The summed E-state index contributed by atoms with van der Waals surface area (Å²) >= 11 is 0. The van der Waals surface area contributed by atoms with Crippen molar-refractivity contribution in [3.63, 3.8) is 0 Å². The van der Waals surface area contributed by atoms with E-state index in [9.17, 15) is 0 Å². The standard InChI is InChI=1S/C20H28N2O2/c1-2-13-23-18-9-7-17(8-10-18)15-21-16-19(20-6-5-14-24-20)22-11-3-4-12-22/h5-10,14,19,21H,2-4,11-13,15-16H2,1H3. The number of hydrogen-bond acceptors (Lipinski definition) is 4. The molecule has 1 aromatic heterocycles. The summed E-state index contributed by atoms with van der Waals surface area (Å²) in [6.07, 6.45) is 5.38. The fourth-order valence-corrected chi connectivity index (χ4v) is 3.22. The van der Waals surface area contributed by atoms with E-state index in [2.05, 4.69) is 47.5 Å². The number of nitrogens with one attached hydrogen (secondary N) is 1. The molecule has 2 aromatic rings. The molecule has 24 heavy (non-hydrogen) atoms. The van der Waals surface area contributed by atoms with E-state index in [0.29, 0.717) is 6.04 Å². The summed E-state index contributed by atoms with van der Waals surface area (Å²) in [6.45, 7) is 6.99. The van der Waals surface area contributed by atoms with Gasteiger partial charge >= 0.3 is 0 Å². The number of ether oxygens (including phenoxy) is 1. The highest BCUT2D eigenvalue weighted by Crippen LogP contribution is 2.25. The van der Waals surface area contributed by atoms with Crippen molar-refractivity contribution in [1.82, 2.24) is 10.2 Å². The zero-order valence-electron chi connectivity index (χ0n) is 14.5. The van der Waals surface area contributed by atoms with Crippen LogP contribution in [0.4, 0.5) is 0 Å². The average Bonchev–Trinajstić information content (AvgIpc) is 3.32. The van der Waals surface area contributed by atoms with Crippen molar-refractivity contribution in [3.8, 4) is 5.75 Å². The molecule has 1 atom stereocenters. The number of benzene rings is 1. The molecule has 2 heterocycles. The topological polar surface area (TPSA) is 37.6 Å². The van der Waals surface area contributed by atoms with Gasteiger partial charge in [-0.2, -0.15) is 0 Å². The van der Waals surface area contributed by atoms with Crippen LogP contribution in [0.5, 0.6) is 5.75 Å². The van der Waals surface area contributed by atoms with Crippen molar-refractivity contribution in [2.75, 3.05) is 26.2 Å². The van der Waals surface area contributed by atoms with Crippen LogP contribution in [0.3, 0.4) is 0 Å². The fourth-order valence-electron chi connectivity index (χ4n) is 3.22. The van der Waals surface area contributed by atoms with Crippen molar-refractivity contribution in [2.45, 2.75) is 38.8 Å². The van der Waals surface area contributed by atoms with Crippen molar-refractivity contribution in [1.29, 1.82) is 0 Å². The second kappa shape index (κ2) is 8.90. The number of rotatable bonds is 9. The van der Waals surface area contributed by atoms with Gasteiger partial charge in [0.15, 0.2) is 0 Å². The predicted octanol–water partition coefficient (Wildman–Crippen LogP) is 4.00. The van der Waals surface area contributed by atoms with Crippen molar-refractivity contribution in [2.24, 2.45) is 0 Å². The third-order valence-corrected chi connectivity index (χ3v) is 4.52. The summed E-state index contributed by atoms with van der Waals surface area (Å²) in [5, 5.41) is 3.59. The highest BCUT2D eigenvalue weighted by molar-refractivity contribution is 5.27. The number of nitrogens with zero attached hydrogens (tertiary/aromatic N) is 1. The van der Waals surface area contributed by atoms with Gasteiger partial charge in [-0.25, -0.2) is 0 Å². The van der Waals surface area contributed by atoms with Crippen LogP contribution in [0, 0.1) is 0 Å². The lowest BCUT2D eigenvalue weighted by Crippen LogP contribution is -2.33. The molecule has 1 unspecified atom stereocenters. The van der Waals surface area contributed by atoms with E-state index < -0.39 is 0 Å². The van der Waals surface area contributed by atoms with Gasteiger partial charge in [-0.1, -0.05) is 19.1 Å². The Labute approximate surface area is 144 Å². The Morgan fingerprint density at radius 3 is 2.62 bits per heavy atom. The Morgan fingerprint density at radius 2 is 1.96 bits per heavy atom. The van der Waals surface area contributed by atoms with E-state index in [-0.39, 0.29) is 0 Å². The number of hydrogen-bond donors (Lipinski definition) is 1. The quantitative estimate of drug-likeness (QED) is 0.755. The number of furan rings is 1. The van der Waals surface area contributed by atoms with Gasteiger partial charge in [-0.05, 0) is 62.2 Å². The summed E-state index contributed by atoms with van der Waals surface area (Å²) in [4.78, 5) is 2.52. The molecule has 0 amide bonds. The third-order valence-electron chi connectivity index (χ3n) is 4.52. The monoisotopic (exact) mass is 328 g/mol. The first-order valence-corrected chi connectivity index (χ1v) is 9.06. The van der Waals surface area contributed by atoms with E-state index in [4.69, 9.17) is 9.15 Å². The fraction of sp³-hybridized carbons (Fsp3) is 0.500. The molecule has 0 saturated carbocycles. The van der Waals surface area contributed by atoms with Crippen LogP contribution in [0.2, 0.25) is 0 Å². The summed E-state index contributed by atoms with van der Waals surface area (Å²) in [6, 6.07) is 12.8. The Hall–Kier alpha value is -1.78. The van der Waals surface area contributed by atoms with Gasteiger partial charge in [0, 0.05) is 13.1 Å². The van der Waals surface area contributed by atoms with Crippen LogP contribution in [-0.4, -0.2) is 31.1 Å². The van der Waals surface area contributed by atoms with Gasteiger partial charge in [0.1, 0.15) is 11.5 Å². The molecule has 3 rings (SSSR count). The largest absolute Gasteiger partial charge is 0.494 e. The molecule has 1 aliphatic rings. The molecule has 0 radical (unpaired) electrons. The van der Waals surface area contributed by atoms with E-state index in [1.807, 2.05) is 6.07 Å². The molecule has 0 aliphatic carbocycles. The zero-order chi connectivity index (χ0) is 16.6. The molecule has 130 valence electrons. The lowest BCUT2D eigenvalue weighted by atomic mass is 10.1. The number of likely N-dealkylation sites (tertiary alicyclic amines) is 1. The lowest BCUT2D eigenvalue weighted by Gasteiger charge is -2.26. The maximum Gasteiger partial charge on any atom is 0.122 e. The van der Waals surface area contributed by atoms with Crippen LogP contribution in [0.15, 0.2) is 47.1 Å². The summed E-state index contributed by atoms with van der Waals surface area (Å²) in [5.74, 6) is 2.01. The summed E-state index contributed by atoms with van der Waals surface area (Å²) in [7, 11) is 0. The smallest absolute Gasteiger partial charge is 0.122 e. The zero-order valence-corrected chi connectivity index (χ0v) is 14.5. The minimum absolute atomic E-state index is 0.328. The van der Waals surface area contributed by atoms with Gasteiger partial charge in [0.05, 0.1) is 18.9 Å². The van der Waals surface area contributed by atoms with E-state index in [1.54, 1.807) is 6.26 Å². The van der Waals surface area contributed by atoms with E-state index in [1.165, 1.54) is 18.4 Å².